The Morgan fingerprint density at radius 1 is 1.12 bits per heavy atom. The van der Waals surface area contributed by atoms with Crippen molar-refractivity contribution in [1.29, 1.82) is 0 Å². The second-order valence-corrected chi connectivity index (χ2v) is 6.58. The molecule has 0 aliphatic carbocycles. The summed E-state index contributed by atoms with van der Waals surface area (Å²) in [6.07, 6.45) is 4.01. The highest BCUT2D eigenvalue weighted by atomic mass is 16.2. The lowest BCUT2D eigenvalue weighted by Gasteiger charge is -2.22. The lowest BCUT2D eigenvalue weighted by atomic mass is 9.89. The first-order valence-corrected chi connectivity index (χ1v) is 8.64. The molecule has 2 N–H and O–H groups in total. The molecule has 0 radical (unpaired) electrons. The maximum absolute atomic E-state index is 12.2. The van der Waals surface area contributed by atoms with Crippen LogP contribution in [-0.2, 0) is 9.59 Å². The molecular formula is C19H20N4O2. The second kappa shape index (κ2) is 6.37. The smallest absolute Gasteiger partial charge is 0.234 e. The maximum atomic E-state index is 12.2. The van der Waals surface area contributed by atoms with Gasteiger partial charge in [-0.25, -0.2) is 4.98 Å². The molecule has 0 spiro atoms. The first-order valence-electron chi connectivity index (χ1n) is 8.64. The Hall–Kier alpha value is -2.60. The molecule has 4 heterocycles. The molecule has 1 saturated heterocycles. The normalized spacial score (nSPS) is 21.2. The highest BCUT2D eigenvalue weighted by Crippen LogP contribution is 2.29. The number of carbonyl (C=O) groups excluding carboxylic acids is 2. The van der Waals surface area contributed by atoms with Crippen LogP contribution in [0.3, 0.4) is 0 Å². The van der Waals surface area contributed by atoms with Crippen LogP contribution in [0.2, 0.25) is 0 Å². The predicted octanol–water partition coefficient (Wildman–Crippen LogP) is 1.84. The van der Waals surface area contributed by atoms with Crippen LogP contribution < -0.4 is 10.6 Å². The SMILES string of the molecule is Cc1nc2ccc(C3=CCNCC3)nc2cc1C1CCC(=O)NC1=O. The Labute approximate surface area is 145 Å². The second-order valence-electron chi connectivity index (χ2n) is 6.58. The zero-order chi connectivity index (χ0) is 17.4. The quantitative estimate of drug-likeness (QED) is 0.818. The molecule has 2 aliphatic heterocycles. The first-order chi connectivity index (χ1) is 12.1. The number of fused-ring (bicyclic) bond motifs is 1. The summed E-state index contributed by atoms with van der Waals surface area (Å²) in [5.41, 5.74) is 5.51. The van der Waals surface area contributed by atoms with Gasteiger partial charge in [0.15, 0.2) is 0 Å². The molecule has 0 saturated carbocycles. The van der Waals surface area contributed by atoms with Crippen LogP contribution in [0.4, 0.5) is 0 Å². The van der Waals surface area contributed by atoms with E-state index in [1.165, 1.54) is 5.57 Å². The highest BCUT2D eigenvalue weighted by molar-refractivity contribution is 6.01. The van der Waals surface area contributed by atoms with Crippen LogP contribution in [0.25, 0.3) is 16.6 Å². The van der Waals surface area contributed by atoms with E-state index in [0.717, 1.165) is 47.5 Å². The molecule has 2 aromatic heterocycles. The van der Waals surface area contributed by atoms with Gasteiger partial charge in [-0.05, 0) is 55.6 Å². The summed E-state index contributed by atoms with van der Waals surface area (Å²) in [5.74, 6) is -0.776. The molecule has 1 atom stereocenters. The number of amides is 2. The number of hydrogen-bond donors (Lipinski definition) is 2. The fraction of sp³-hybridized carbons (Fsp3) is 0.368. The van der Waals surface area contributed by atoms with E-state index >= 15 is 0 Å². The molecule has 0 aromatic carbocycles. The predicted molar refractivity (Wildman–Crippen MR) is 94.9 cm³/mol. The molecule has 4 rings (SSSR count). The third-order valence-electron chi connectivity index (χ3n) is 4.91. The Balaban J connectivity index is 1.75. The molecule has 0 bridgehead atoms. The maximum Gasteiger partial charge on any atom is 0.234 e. The van der Waals surface area contributed by atoms with E-state index < -0.39 is 0 Å². The van der Waals surface area contributed by atoms with Crippen molar-refractivity contribution in [3.05, 3.63) is 41.2 Å². The van der Waals surface area contributed by atoms with Crippen molar-refractivity contribution >= 4 is 28.4 Å². The number of pyridine rings is 2. The minimum absolute atomic E-state index is 0.203. The van der Waals surface area contributed by atoms with Crippen molar-refractivity contribution in [2.75, 3.05) is 13.1 Å². The molecule has 2 aliphatic rings. The number of carbonyl (C=O) groups is 2. The van der Waals surface area contributed by atoms with Crippen LogP contribution >= 0.6 is 0 Å². The van der Waals surface area contributed by atoms with Gasteiger partial charge in [0.25, 0.3) is 0 Å². The number of piperidine rings is 1. The van der Waals surface area contributed by atoms with Gasteiger partial charge in [0, 0.05) is 18.7 Å². The van der Waals surface area contributed by atoms with E-state index in [4.69, 9.17) is 4.98 Å². The monoisotopic (exact) mass is 336 g/mol. The van der Waals surface area contributed by atoms with Gasteiger partial charge in [0.05, 0.1) is 22.6 Å². The average molecular weight is 336 g/mol. The van der Waals surface area contributed by atoms with Crippen LogP contribution in [-0.4, -0.2) is 34.9 Å². The minimum Gasteiger partial charge on any atom is -0.313 e. The van der Waals surface area contributed by atoms with E-state index in [2.05, 4.69) is 21.7 Å². The van der Waals surface area contributed by atoms with Crippen molar-refractivity contribution in [3.8, 4) is 0 Å². The molecule has 128 valence electrons. The van der Waals surface area contributed by atoms with Crippen molar-refractivity contribution in [2.24, 2.45) is 0 Å². The zero-order valence-corrected chi connectivity index (χ0v) is 14.1. The Kier molecular flexibility index (Phi) is 4.05. The fourth-order valence-corrected chi connectivity index (χ4v) is 3.54. The van der Waals surface area contributed by atoms with Gasteiger partial charge in [-0.1, -0.05) is 6.08 Å². The van der Waals surface area contributed by atoms with Gasteiger partial charge in [0.2, 0.25) is 11.8 Å². The Morgan fingerprint density at radius 2 is 2.00 bits per heavy atom. The number of aryl methyl sites for hydroxylation is 1. The first kappa shape index (κ1) is 15.9. The van der Waals surface area contributed by atoms with Crippen molar-refractivity contribution in [3.63, 3.8) is 0 Å². The fourth-order valence-electron chi connectivity index (χ4n) is 3.54. The van der Waals surface area contributed by atoms with Crippen LogP contribution in [0, 0.1) is 6.92 Å². The summed E-state index contributed by atoms with van der Waals surface area (Å²) < 4.78 is 0. The molecule has 1 fully saturated rings. The van der Waals surface area contributed by atoms with Gasteiger partial charge in [0.1, 0.15) is 0 Å². The number of rotatable bonds is 2. The molecule has 2 aromatic rings. The van der Waals surface area contributed by atoms with Gasteiger partial charge < -0.3 is 5.32 Å². The van der Waals surface area contributed by atoms with Crippen LogP contribution in [0.1, 0.15) is 42.1 Å². The van der Waals surface area contributed by atoms with Crippen molar-refractivity contribution in [2.45, 2.75) is 32.1 Å². The lowest BCUT2D eigenvalue weighted by Crippen LogP contribution is -2.39. The third kappa shape index (κ3) is 3.05. The van der Waals surface area contributed by atoms with Crippen LogP contribution in [0.15, 0.2) is 24.3 Å². The summed E-state index contributed by atoms with van der Waals surface area (Å²) in [4.78, 5) is 33.0. The highest BCUT2D eigenvalue weighted by Gasteiger charge is 2.29. The topological polar surface area (TPSA) is 84.0 Å². The largest absolute Gasteiger partial charge is 0.313 e. The van der Waals surface area contributed by atoms with E-state index in [-0.39, 0.29) is 17.7 Å². The van der Waals surface area contributed by atoms with Crippen LogP contribution in [0.5, 0.6) is 0 Å². The number of hydrogen-bond acceptors (Lipinski definition) is 5. The molecule has 2 amide bonds. The van der Waals surface area contributed by atoms with Gasteiger partial charge in [-0.2, -0.15) is 0 Å². The van der Waals surface area contributed by atoms with Gasteiger partial charge in [-0.3, -0.25) is 19.9 Å². The minimum atomic E-state index is -0.335. The zero-order valence-electron chi connectivity index (χ0n) is 14.1. The molecule has 1 unspecified atom stereocenters. The van der Waals surface area contributed by atoms with Crippen molar-refractivity contribution < 1.29 is 9.59 Å². The van der Waals surface area contributed by atoms with E-state index in [0.29, 0.717) is 12.8 Å². The summed E-state index contributed by atoms with van der Waals surface area (Å²) in [5, 5.41) is 5.73. The third-order valence-corrected chi connectivity index (χ3v) is 4.91. The molecular weight excluding hydrogens is 316 g/mol. The number of imide groups is 1. The van der Waals surface area contributed by atoms with E-state index in [1.807, 2.05) is 25.1 Å². The van der Waals surface area contributed by atoms with E-state index in [1.54, 1.807) is 0 Å². The average Bonchev–Trinajstić information content (AvgIpc) is 2.62. The number of aromatic nitrogens is 2. The molecule has 6 nitrogen and oxygen atoms in total. The summed E-state index contributed by atoms with van der Waals surface area (Å²) in [6.45, 7) is 3.73. The molecule has 25 heavy (non-hydrogen) atoms. The van der Waals surface area contributed by atoms with Gasteiger partial charge in [-0.15, -0.1) is 0 Å². The Morgan fingerprint density at radius 3 is 2.76 bits per heavy atom. The molecule has 6 heteroatoms. The Bertz CT molecular complexity index is 904. The number of nitrogens with zero attached hydrogens (tertiary/aromatic N) is 2. The van der Waals surface area contributed by atoms with Crippen molar-refractivity contribution in [1.82, 2.24) is 20.6 Å². The summed E-state index contributed by atoms with van der Waals surface area (Å²) in [7, 11) is 0. The van der Waals surface area contributed by atoms with E-state index in [9.17, 15) is 9.59 Å². The van der Waals surface area contributed by atoms with Gasteiger partial charge >= 0.3 is 0 Å². The summed E-state index contributed by atoms with van der Waals surface area (Å²) in [6, 6.07) is 5.96. The number of nitrogens with one attached hydrogen (secondary N) is 2. The standard InChI is InChI=1S/C19H20N4O2/c1-11-14(13-2-5-18(24)23-19(13)25)10-17-16(21-11)4-3-15(22-17)12-6-8-20-9-7-12/h3-4,6,10,13,20H,2,5,7-9H2,1H3,(H,23,24,25). The lowest BCUT2D eigenvalue weighted by molar-refractivity contribution is -0.134. The summed E-state index contributed by atoms with van der Waals surface area (Å²) >= 11 is 0.